The number of benzene rings is 1. The summed E-state index contributed by atoms with van der Waals surface area (Å²) in [5, 5.41) is 3.34. The Morgan fingerprint density at radius 2 is 2.00 bits per heavy atom. The Labute approximate surface area is 122 Å². The van der Waals surface area contributed by atoms with Gasteiger partial charge in [0.05, 0.1) is 12.5 Å². The molecule has 1 unspecified atom stereocenters. The lowest BCUT2D eigenvalue weighted by atomic mass is 9.84. The Morgan fingerprint density at radius 1 is 1.30 bits per heavy atom. The SMILES string of the molecule is CCCNCC(C)(CCCc1ccccc1)C(=O)OC. The highest BCUT2D eigenvalue weighted by Gasteiger charge is 2.33. The van der Waals surface area contributed by atoms with E-state index in [0.29, 0.717) is 6.54 Å². The van der Waals surface area contributed by atoms with Crippen LogP contribution in [0.3, 0.4) is 0 Å². The van der Waals surface area contributed by atoms with E-state index in [1.165, 1.54) is 12.7 Å². The summed E-state index contributed by atoms with van der Waals surface area (Å²) in [7, 11) is 1.47. The average molecular weight is 277 g/mol. The van der Waals surface area contributed by atoms with Crippen molar-refractivity contribution in [3.8, 4) is 0 Å². The molecular weight excluding hydrogens is 250 g/mol. The molecule has 0 aliphatic rings. The molecule has 3 nitrogen and oxygen atoms in total. The Hall–Kier alpha value is -1.35. The van der Waals surface area contributed by atoms with Crippen molar-refractivity contribution in [2.24, 2.45) is 5.41 Å². The molecule has 1 atom stereocenters. The fourth-order valence-electron chi connectivity index (χ4n) is 2.38. The number of carbonyl (C=O) groups is 1. The molecule has 0 aliphatic heterocycles. The number of rotatable bonds is 9. The highest BCUT2D eigenvalue weighted by Crippen LogP contribution is 2.25. The molecule has 20 heavy (non-hydrogen) atoms. The molecule has 0 aliphatic carbocycles. The van der Waals surface area contributed by atoms with Crippen molar-refractivity contribution in [1.29, 1.82) is 0 Å². The maximum absolute atomic E-state index is 12.0. The fraction of sp³-hybridized carbons (Fsp3) is 0.588. The predicted octanol–water partition coefficient (Wildman–Crippen LogP) is 3.19. The lowest BCUT2D eigenvalue weighted by Gasteiger charge is -2.27. The molecule has 112 valence electrons. The molecule has 1 N–H and O–H groups in total. The van der Waals surface area contributed by atoms with E-state index in [-0.39, 0.29) is 5.97 Å². The summed E-state index contributed by atoms with van der Waals surface area (Å²) in [5.41, 5.74) is 0.889. The molecule has 3 heteroatoms. The zero-order valence-corrected chi connectivity index (χ0v) is 12.9. The van der Waals surface area contributed by atoms with Gasteiger partial charge in [0.2, 0.25) is 0 Å². The van der Waals surface area contributed by atoms with Crippen LogP contribution in [-0.4, -0.2) is 26.2 Å². The lowest BCUT2D eigenvalue weighted by molar-refractivity contribution is -0.152. The first-order valence-electron chi connectivity index (χ1n) is 7.45. The van der Waals surface area contributed by atoms with Crippen LogP contribution < -0.4 is 5.32 Å². The van der Waals surface area contributed by atoms with Crippen LogP contribution in [-0.2, 0) is 16.0 Å². The van der Waals surface area contributed by atoms with Crippen molar-refractivity contribution in [3.05, 3.63) is 35.9 Å². The van der Waals surface area contributed by atoms with E-state index < -0.39 is 5.41 Å². The van der Waals surface area contributed by atoms with Crippen LogP contribution in [0.4, 0.5) is 0 Å². The minimum Gasteiger partial charge on any atom is -0.469 e. The summed E-state index contributed by atoms with van der Waals surface area (Å²) >= 11 is 0. The molecule has 0 saturated carbocycles. The quantitative estimate of drug-likeness (QED) is 0.556. The van der Waals surface area contributed by atoms with Gasteiger partial charge in [-0.2, -0.15) is 0 Å². The molecule has 0 bridgehead atoms. The van der Waals surface area contributed by atoms with Gasteiger partial charge in [0.15, 0.2) is 0 Å². The molecule has 1 rings (SSSR count). The van der Waals surface area contributed by atoms with Gasteiger partial charge in [-0.15, -0.1) is 0 Å². The second-order valence-corrected chi connectivity index (χ2v) is 5.57. The third-order valence-electron chi connectivity index (χ3n) is 3.66. The summed E-state index contributed by atoms with van der Waals surface area (Å²) in [4.78, 5) is 12.0. The first kappa shape index (κ1) is 16.7. The van der Waals surface area contributed by atoms with Gasteiger partial charge in [-0.3, -0.25) is 4.79 Å². The molecular formula is C17H27NO2. The minimum atomic E-state index is -0.432. The number of nitrogens with one attached hydrogen (secondary N) is 1. The molecule has 0 heterocycles. The normalized spacial score (nSPS) is 13.8. The molecule has 0 radical (unpaired) electrons. The van der Waals surface area contributed by atoms with Gasteiger partial charge in [0, 0.05) is 6.54 Å². The number of ether oxygens (including phenoxy) is 1. The number of methoxy groups -OCH3 is 1. The number of hydrogen-bond donors (Lipinski definition) is 1. The van der Waals surface area contributed by atoms with E-state index in [4.69, 9.17) is 4.74 Å². The van der Waals surface area contributed by atoms with Crippen molar-refractivity contribution in [3.63, 3.8) is 0 Å². The maximum atomic E-state index is 12.0. The van der Waals surface area contributed by atoms with Gasteiger partial charge < -0.3 is 10.1 Å². The molecule has 0 spiro atoms. The van der Waals surface area contributed by atoms with E-state index in [0.717, 1.165) is 32.2 Å². The number of hydrogen-bond acceptors (Lipinski definition) is 3. The highest BCUT2D eigenvalue weighted by molar-refractivity contribution is 5.76. The Balaban J connectivity index is 2.49. The summed E-state index contributed by atoms with van der Waals surface area (Å²) in [6, 6.07) is 10.4. The zero-order valence-electron chi connectivity index (χ0n) is 12.9. The number of carbonyl (C=O) groups excluding carboxylic acids is 1. The molecule has 1 aromatic rings. The minimum absolute atomic E-state index is 0.117. The summed E-state index contributed by atoms with van der Waals surface area (Å²) in [6.45, 7) is 5.73. The summed E-state index contributed by atoms with van der Waals surface area (Å²) < 4.78 is 4.97. The van der Waals surface area contributed by atoms with Crippen LogP contribution in [0.1, 0.15) is 38.7 Å². The van der Waals surface area contributed by atoms with E-state index in [2.05, 4.69) is 36.5 Å². The van der Waals surface area contributed by atoms with E-state index in [9.17, 15) is 4.79 Å². The van der Waals surface area contributed by atoms with Crippen molar-refractivity contribution < 1.29 is 9.53 Å². The van der Waals surface area contributed by atoms with Crippen LogP contribution in [0.2, 0.25) is 0 Å². The van der Waals surface area contributed by atoms with Crippen molar-refractivity contribution in [2.75, 3.05) is 20.2 Å². The van der Waals surface area contributed by atoms with Crippen molar-refractivity contribution in [2.45, 2.75) is 39.5 Å². The smallest absolute Gasteiger partial charge is 0.312 e. The first-order valence-corrected chi connectivity index (χ1v) is 7.45. The van der Waals surface area contributed by atoms with E-state index in [1.54, 1.807) is 0 Å². The predicted molar refractivity (Wildman–Crippen MR) is 82.7 cm³/mol. The van der Waals surface area contributed by atoms with Gasteiger partial charge >= 0.3 is 5.97 Å². The second-order valence-electron chi connectivity index (χ2n) is 5.57. The molecule has 0 amide bonds. The lowest BCUT2D eigenvalue weighted by Crippen LogP contribution is -2.39. The fourth-order valence-corrected chi connectivity index (χ4v) is 2.38. The van der Waals surface area contributed by atoms with Gasteiger partial charge in [-0.05, 0) is 44.7 Å². The second kappa shape index (κ2) is 8.75. The van der Waals surface area contributed by atoms with Crippen molar-refractivity contribution in [1.82, 2.24) is 5.32 Å². The number of esters is 1. The Morgan fingerprint density at radius 3 is 2.60 bits per heavy atom. The highest BCUT2D eigenvalue weighted by atomic mass is 16.5. The molecule has 0 saturated heterocycles. The van der Waals surface area contributed by atoms with Crippen LogP contribution in [0, 0.1) is 5.41 Å². The summed E-state index contributed by atoms with van der Waals surface area (Å²) in [5.74, 6) is -0.117. The van der Waals surface area contributed by atoms with Gasteiger partial charge in [0.1, 0.15) is 0 Å². The van der Waals surface area contributed by atoms with Crippen LogP contribution in [0.25, 0.3) is 0 Å². The zero-order chi connectivity index (χ0) is 14.8. The maximum Gasteiger partial charge on any atom is 0.312 e. The standard InChI is InChI=1S/C17H27NO2/c1-4-13-18-14-17(2,16(19)20-3)12-8-11-15-9-6-5-7-10-15/h5-7,9-10,18H,4,8,11-14H2,1-3H3. The molecule has 0 fully saturated rings. The first-order chi connectivity index (χ1) is 9.62. The van der Waals surface area contributed by atoms with E-state index in [1.807, 2.05) is 13.0 Å². The number of aryl methyl sites for hydroxylation is 1. The Bertz CT molecular complexity index is 391. The average Bonchev–Trinajstić information content (AvgIpc) is 2.47. The van der Waals surface area contributed by atoms with Crippen LogP contribution in [0.15, 0.2) is 30.3 Å². The largest absolute Gasteiger partial charge is 0.469 e. The van der Waals surface area contributed by atoms with Gasteiger partial charge in [-0.25, -0.2) is 0 Å². The molecule has 0 aromatic heterocycles. The molecule has 1 aromatic carbocycles. The van der Waals surface area contributed by atoms with E-state index >= 15 is 0 Å². The third-order valence-corrected chi connectivity index (χ3v) is 3.66. The van der Waals surface area contributed by atoms with Gasteiger partial charge in [0.25, 0.3) is 0 Å². The topological polar surface area (TPSA) is 38.3 Å². The summed E-state index contributed by atoms with van der Waals surface area (Å²) in [6.07, 6.45) is 3.90. The van der Waals surface area contributed by atoms with Gasteiger partial charge in [-0.1, -0.05) is 37.3 Å². The third kappa shape index (κ3) is 5.33. The monoisotopic (exact) mass is 277 g/mol. The van der Waals surface area contributed by atoms with Crippen LogP contribution in [0.5, 0.6) is 0 Å². The van der Waals surface area contributed by atoms with Crippen molar-refractivity contribution >= 4 is 5.97 Å². The Kier molecular flexibility index (Phi) is 7.31. The van der Waals surface area contributed by atoms with Crippen LogP contribution >= 0.6 is 0 Å².